The Hall–Kier alpha value is -3.58. The molecule has 3 aromatic rings. The Morgan fingerprint density at radius 2 is 1.74 bits per heavy atom. The Kier molecular flexibility index (Phi) is 8.01. The number of hydrogen-bond donors (Lipinski definition) is 0. The molecule has 2 fully saturated rings. The summed E-state index contributed by atoms with van der Waals surface area (Å²) in [5, 5.41) is 7.54. The Bertz CT molecular complexity index is 1550. The van der Waals surface area contributed by atoms with E-state index in [2.05, 4.69) is 19.2 Å². The molecule has 5 rings (SSSR count). The van der Waals surface area contributed by atoms with Crippen LogP contribution in [0, 0.1) is 17.5 Å². The average molecular weight is 623 g/mol. The predicted molar refractivity (Wildman–Crippen MR) is 125 cm³/mol. The number of nitrogens with zero attached hydrogens (tertiary/aromatic N) is 3. The Labute approximate surface area is 233 Å². The number of halogens is 6. The second-order valence-corrected chi connectivity index (χ2v) is 10.6. The number of hydrogen-bond acceptors (Lipinski definition) is 10. The summed E-state index contributed by atoms with van der Waals surface area (Å²) < 4.78 is 133. The van der Waals surface area contributed by atoms with E-state index in [0.717, 1.165) is 18.0 Å². The molecule has 226 valence electrons. The average Bonchev–Trinajstić information content (AvgIpc) is 3.44. The van der Waals surface area contributed by atoms with Crippen LogP contribution in [0.5, 0.6) is 0 Å². The summed E-state index contributed by atoms with van der Waals surface area (Å²) in [6, 6.07) is 7.72. The number of carbonyl (C=O) groups is 1. The van der Waals surface area contributed by atoms with Gasteiger partial charge in [-0.2, -0.15) is 21.6 Å². The number of methoxy groups -OCH3 is 1. The van der Waals surface area contributed by atoms with E-state index < -0.39 is 75.8 Å². The number of carbonyl (C=O) groups excluding carboxylic acids is 1. The molecule has 0 saturated carbocycles. The second-order valence-electron chi connectivity index (χ2n) is 9.08. The first-order valence-electron chi connectivity index (χ1n) is 11.9. The van der Waals surface area contributed by atoms with Gasteiger partial charge in [-0.25, -0.2) is 22.6 Å². The zero-order valence-electron chi connectivity index (χ0n) is 21.1. The molecule has 18 heteroatoms. The van der Waals surface area contributed by atoms with Crippen molar-refractivity contribution in [2.45, 2.75) is 42.3 Å². The van der Waals surface area contributed by atoms with Crippen LogP contribution in [0.2, 0.25) is 0 Å². The molecule has 0 N–H and O–H groups in total. The monoisotopic (exact) mass is 623 g/mol. The van der Waals surface area contributed by atoms with Crippen molar-refractivity contribution in [3.63, 3.8) is 0 Å². The van der Waals surface area contributed by atoms with Gasteiger partial charge in [0.1, 0.15) is 30.0 Å². The lowest BCUT2D eigenvalue weighted by Gasteiger charge is -2.48. The van der Waals surface area contributed by atoms with Crippen LogP contribution >= 0.6 is 0 Å². The van der Waals surface area contributed by atoms with E-state index in [1.54, 1.807) is 30.3 Å². The van der Waals surface area contributed by atoms with Crippen LogP contribution in [0.15, 0.2) is 48.7 Å². The van der Waals surface area contributed by atoms with Gasteiger partial charge in [-0.1, -0.05) is 35.5 Å². The van der Waals surface area contributed by atoms with E-state index in [1.165, 1.54) is 0 Å². The third kappa shape index (κ3) is 5.59. The van der Waals surface area contributed by atoms with E-state index in [4.69, 9.17) is 14.2 Å². The van der Waals surface area contributed by atoms with Gasteiger partial charge in [0, 0.05) is 11.1 Å². The number of benzene rings is 2. The number of rotatable bonds is 6. The highest BCUT2D eigenvalue weighted by Gasteiger charge is 2.59. The molecule has 2 aliphatic heterocycles. The van der Waals surface area contributed by atoms with Crippen molar-refractivity contribution in [2.75, 3.05) is 13.7 Å². The number of esters is 1. The minimum atomic E-state index is -6.35. The molecule has 42 heavy (non-hydrogen) atoms. The van der Waals surface area contributed by atoms with Gasteiger partial charge in [0.05, 0.1) is 19.9 Å². The molecule has 2 aromatic carbocycles. The number of fused-ring (bicyclic) bond motifs is 1. The summed E-state index contributed by atoms with van der Waals surface area (Å²) in [6.45, 7) is -0.289. The maximum Gasteiger partial charge on any atom is 0.523 e. The highest BCUT2D eigenvalue weighted by Crippen LogP contribution is 2.42. The topological polar surface area (TPSA) is 128 Å². The molecule has 3 heterocycles. The molecule has 0 aliphatic carbocycles. The van der Waals surface area contributed by atoms with Crippen LogP contribution in [0.25, 0.3) is 11.3 Å². The summed E-state index contributed by atoms with van der Waals surface area (Å²) >= 11 is 0. The SMILES string of the molecule is COC(=O)[C@@H]1O[C@@H]2COC(c3ccccc3)O[C@@H]2[C@H](n2cc(-c3cc(F)c(F)c(F)c3)nn2)[C@H]1OS(=O)(=O)C(F)(F)F. The third-order valence-corrected chi connectivity index (χ3v) is 7.52. The molecule has 1 aromatic heterocycles. The smallest absolute Gasteiger partial charge is 0.467 e. The van der Waals surface area contributed by atoms with Crippen molar-refractivity contribution in [1.82, 2.24) is 15.0 Å². The largest absolute Gasteiger partial charge is 0.523 e. The molecule has 6 atom stereocenters. The molecule has 0 bridgehead atoms. The highest BCUT2D eigenvalue weighted by molar-refractivity contribution is 7.87. The van der Waals surface area contributed by atoms with Gasteiger partial charge in [-0.15, -0.1) is 5.10 Å². The van der Waals surface area contributed by atoms with Crippen LogP contribution in [0.4, 0.5) is 26.3 Å². The molecule has 2 saturated heterocycles. The van der Waals surface area contributed by atoms with Crippen molar-refractivity contribution in [3.8, 4) is 11.3 Å². The first-order valence-corrected chi connectivity index (χ1v) is 13.3. The minimum absolute atomic E-state index is 0.289. The molecular formula is C24H19F6N3O8S. The third-order valence-electron chi connectivity index (χ3n) is 6.47. The standard InChI is InChI=1S/C24H19F6N3O8S/c1-37-22(34)21-20(41-42(35,36)24(28,29)30)18(19-16(39-21)10-38-23(40-19)11-5-3-2-4-6-11)33-9-15(31-32-33)12-7-13(25)17(27)14(26)8-12/h2-9,16,18-21,23H,10H2,1H3/t16-,18+,19+,20-,21-,23?/m1/s1. The fourth-order valence-corrected chi connectivity index (χ4v) is 5.17. The molecule has 0 amide bonds. The van der Waals surface area contributed by atoms with E-state index in [-0.39, 0.29) is 17.9 Å². The van der Waals surface area contributed by atoms with Crippen molar-refractivity contribution in [2.24, 2.45) is 0 Å². The number of ether oxygens (including phenoxy) is 4. The van der Waals surface area contributed by atoms with E-state index in [1.807, 2.05) is 0 Å². The van der Waals surface area contributed by atoms with Crippen molar-refractivity contribution in [1.29, 1.82) is 0 Å². The zero-order valence-corrected chi connectivity index (χ0v) is 21.9. The van der Waals surface area contributed by atoms with Crippen LogP contribution in [0.3, 0.4) is 0 Å². The first-order chi connectivity index (χ1) is 19.8. The van der Waals surface area contributed by atoms with Gasteiger partial charge in [-0.3, -0.25) is 4.18 Å². The summed E-state index contributed by atoms with van der Waals surface area (Å²) in [6.07, 6.45) is -7.14. The summed E-state index contributed by atoms with van der Waals surface area (Å²) in [5.74, 6) is -6.18. The van der Waals surface area contributed by atoms with Crippen LogP contribution in [-0.4, -0.2) is 73.0 Å². The van der Waals surface area contributed by atoms with Crippen molar-refractivity contribution < 1.29 is 62.7 Å². The van der Waals surface area contributed by atoms with Gasteiger partial charge < -0.3 is 18.9 Å². The van der Waals surface area contributed by atoms with E-state index >= 15 is 0 Å². The Balaban J connectivity index is 1.62. The number of alkyl halides is 3. The Morgan fingerprint density at radius 1 is 1.07 bits per heavy atom. The fraction of sp³-hybridized carbons (Fsp3) is 0.375. The maximum absolute atomic E-state index is 13.9. The summed E-state index contributed by atoms with van der Waals surface area (Å²) in [4.78, 5) is 12.6. The lowest BCUT2D eigenvalue weighted by molar-refractivity contribution is -0.312. The molecule has 0 radical (unpaired) electrons. The zero-order chi connectivity index (χ0) is 30.4. The highest BCUT2D eigenvalue weighted by atomic mass is 32.2. The lowest BCUT2D eigenvalue weighted by Crippen LogP contribution is -2.62. The van der Waals surface area contributed by atoms with Gasteiger partial charge in [-0.05, 0) is 12.1 Å². The minimum Gasteiger partial charge on any atom is -0.467 e. The normalized spacial score (nSPS) is 26.5. The lowest BCUT2D eigenvalue weighted by atomic mass is 9.91. The van der Waals surface area contributed by atoms with Crippen LogP contribution in [-0.2, 0) is 38.0 Å². The molecule has 1 unspecified atom stereocenters. The first kappa shape index (κ1) is 29.9. The van der Waals surface area contributed by atoms with E-state index in [0.29, 0.717) is 17.7 Å². The van der Waals surface area contributed by atoms with Gasteiger partial charge in [0.2, 0.25) is 0 Å². The van der Waals surface area contributed by atoms with Gasteiger partial charge in [0.15, 0.2) is 29.8 Å². The van der Waals surface area contributed by atoms with Crippen LogP contribution < -0.4 is 0 Å². The second kappa shape index (κ2) is 11.3. The number of aromatic nitrogens is 3. The van der Waals surface area contributed by atoms with Crippen molar-refractivity contribution >= 4 is 16.1 Å². The summed E-state index contributed by atoms with van der Waals surface area (Å²) in [5.41, 5.74) is -6.05. The molecular weight excluding hydrogens is 604 g/mol. The van der Waals surface area contributed by atoms with Crippen molar-refractivity contribution in [3.05, 3.63) is 71.7 Å². The van der Waals surface area contributed by atoms with E-state index in [9.17, 15) is 39.6 Å². The molecule has 11 nitrogen and oxygen atoms in total. The Morgan fingerprint density at radius 3 is 2.36 bits per heavy atom. The molecule has 2 aliphatic rings. The van der Waals surface area contributed by atoms with Crippen LogP contribution in [0.1, 0.15) is 17.9 Å². The van der Waals surface area contributed by atoms with Gasteiger partial charge in [0.25, 0.3) is 0 Å². The van der Waals surface area contributed by atoms with Gasteiger partial charge >= 0.3 is 21.6 Å². The predicted octanol–water partition coefficient (Wildman–Crippen LogP) is 3.19. The summed E-state index contributed by atoms with van der Waals surface area (Å²) in [7, 11) is -5.47. The maximum atomic E-state index is 13.9. The fourth-order valence-electron chi connectivity index (χ4n) is 4.55. The molecule has 0 spiro atoms. The quantitative estimate of drug-likeness (QED) is 0.133.